The predicted octanol–water partition coefficient (Wildman–Crippen LogP) is 4.21. The maximum atomic E-state index is 5.94. The first-order chi connectivity index (χ1) is 13.3. The molecule has 0 saturated heterocycles. The van der Waals surface area contributed by atoms with Gasteiger partial charge in [-0.3, -0.25) is 0 Å². The number of hydrogen-bond acceptors (Lipinski definition) is 7. The molecule has 2 heterocycles. The van der Waals surface area contributed by atoms with E-state index in [0.29, 0.717) is 29.1 Å². The lowest BCUT2D eigenvalue weighted by Crippen LogP contribution is -1.96. The van der Waals surface area contributed by atoms with Crippen molar-refractivity contribution in [3.8, 4) is 28.5 Å². The van der Waals surface area contributed by atoms with Gasteiger partial charge in [-0.25, -0.2) is 9.97 Å². The van der Waals surface area contributed by atoms with E-state index in [1.165, 1.54) is 6.33 Å². The molecule has 2 aromatic carbocycles. The summed E-state index contributed by atoms with van der Waals surface area (Å²) in [5.41, 5.74) is 1.81. The molecule has 0 aliphatic carbocycles. The fourth-order valence-corrected chi connectivity index (χ4v) is 2.47. The summed E-state index contributed by atoms with van der Waals surface area (Å²) < 4.78 is 16.6. The van der Waals surface area contributed by atoms with E-state index in [1.54, 1.807) is 13.1 Å². The lowest BCUT2D eigenvalue weighted by molar-refractivity contribution is 0.242. The first kappa shape index (κ1) is 16.7. The van der Waals surface area contributed by atoms with Crippen LogP contribution in [0.5, 0.6) is 17.4 Å². The van der Waals surface area contributed by atoms with Crippen LogP contribution in [0.1, 0.15) is 11.7 Å². The van der Waals surface area contributed by atoms with Crippen molar-refractivity contribution in [3.63, 3.8) is 0 Å². The zero-order valence-corrected chi connectivity index (χ0v) is 14.6. The van der Waals surface area contributed by atoms with E-state index in [4.69, 9.17) is 14.0 Å². The highest BCUT2D eigenvalue weighted by atomic mass is 16.5. The van der Waals surface area contributed by atoms with Crippen molar-refractivity contribution in [1.82, 2.24) is 20.1 Å². The molecule has 4 aromatic rings. The summed E-state index contributed by atoms with van der Waals surface area (Å²) in [7, 11) is 0. The van der Waals surface area contributed by atoms with Gasteiger partial charge in [-0.1, -0.05) is 35.5 Å². The summed E-state index contributed by atoms with van der Waals surface area (Å²) in [6, 6.07) is 17.1. The number of ether oxygens (including phenoxy) is 2. The van der Waals surface area contributed by atoms with E-state index < -0.39 is 0 Å². The molecule has 0 N–H and O–H groups in total. The van der Waals surface area contributed by atoms with Gasteiger partial charge in [-0.2, -0.15) is 4.98 Å². The third-order valence-corrected chi connectivity index (χ3v) is 3.73. The van der Waals surface area contributed by atoms with Crippen LogP contribution in [0, 0.1) is 6.92 Å². The molecule has 0 unspecified atom stereocenters. The molecule has 7 nitrogen and oxygen atoms in total. The Kier molecular flexibility index (Phi) is 4.74. The Labute approximate surface area is 155 Å². The molecule has 2 aromatic heterocycles. The zero-order chi connectivity index (χ0) is 18.5. The molecule has 0 atom stereocenters. The summed E-state index contributed by atoms with van der Waals surface area (Å²) in [6.45, 7) is 1.97. The summed E-state index contributed by atoms with van der Waals surface area (Å²) in [6.07, 6.45) is 3.20. The van der Waals surface area contributed by atoms with Gasteiger partial charge in [0.1, 0.15) is 17.8 Å². The van der Waals surface area contributed by atoms with E-state index in [1.807, 2.05) is 54.6 Å². The molecule has 7 heteroatoms. The minimum absolute atomic E-state index is 0.213. The van der Waals surface area contributed by atoms with Crippen LogP contribution in [0.25, 0.3) is 11.1 Å². The minimum atomic E-state index is 0.213. The quantitative estimate of drug-likeness (QED) is 0.509. The predicted molar refractivity (Wildman–Crippen MR) is 97.4 cm³/mol. The second-order valence-corrected chi connectivity index (χ2v) is 5.71. The van der Waals surface area contributed by atoms with Gasteiger partial charge >= 0.3 is 0 Å². The van der Waals surface area contributed by atoms with Crippen molar-refractivity contribution < 1.29 is 14.0 Å². The molecule has 0 radical (unpaired) electrons. The van der Waals surface area contributed by atoms with Gasteiger partial charge in [-0.05, 0) is 36.8 Å². The number of aromatic nitrogens is 4. The van der Waals surface area contributed by atoms with Gasteiger partial charge in [0, 0.05) is 6.20 Å². The molecule has 0 aliphatic heterocycles. The van der Waals surface area contributed by atoms with Crippen LogP contribution in [0.3, 0.4) is 0 Å². The number of nitrogens with zero attached hydrogens (tertiary/aromatic N) is 4. The van der Waals surface area contributed by atoms with Crippen LogP contribution in [0.2, 0.25) is 0 Å². The average Bonchev–Trinajstić information content (AvgIpc) is 3.14. The lowest BCUT2D eigenvalue weighted by atomic mass is 10.1. The van der Waals surface area contributed by atoms with Crippen molar-refractivity contribution in [1.29, 1.82) is 0 Å². The zero-order valence-electron chi connectivity index (χ0n) is 14.6. The standard InChI is InChI=1S/C20H16N4O3/c1-14-23-19(27-24-14)12-25-16-7-9-17(10-8-16)26-20-18(11-21-13-22-20)15-5-3-2-4-6-15/h2-11,13H,12H2,1H3. The lowest BCUT2D eigenvalue weighted by Gasteiger charge is -2.10. The highest BCUT2D eigenvalue weighted by molar-refractivity contribution is 5.67. The Balaban J connectivity index is 1.46. The Hall–Kier alpha value is -3.74. The van der Waals surface area contributed by atoms with E-state index in [-0.39, 0.29) is 6.61 Å². The van der Waals surface area contributed by atoms with E-state index in [0.717, 1.165) is 11.1 Å². The Morgan fingerprint density at radius 2 is 1.74 bits per heavy atom. The van der Waals surface area contributed by atoms with Crippen LogP contribution < -0.4 is 9.47 Å². The molecule has 0 saturated carbocycles. The largest absolute Gasteiger partial charge is 0.484 e. The Bertz CT molecular complexity index is 1020. The molecule has 0 bridgehead atoms. The molecule has 0 amide bonds. The van der Waals surface area contributed by atoms with Crippen LogP contribution in [-0.2, 0) is 6.61 Å². The first-order valence-corrected chi connectivity index (χ1v) is 8.33. The summed E-state index contributed by atoms with van der Waals surface area (Å²) in [4.78, 5) is 12.5. The van der Waals surface area contributed by atoms with Gasteiger partial charge in [0.15, 0.2) is 12.4 Å². The number of aryl methyl sites for hydroxylation is 1. The SMILES string of the molecule is Cc1noc(COc2ccc(Oc3ncncc3-c3ccccc3)cc2)n1. The summed E-state index contributed by atoms with van der Waals surface area (Å²) in [5, 5.41) is 3.72. The van der Waals surface area contributed by atoms with E-state index >= 15 is 0 Å². The third-order valence-electron chi connectivity index (χ3n) is 3.73. The molecule has 0 spiro atoms. The molecular formula is C20H16N4O3. The van der Waals surface area contributed by atoms with Crippen molar-refractivity contribution in [2.75, 3.05) is 0 Å². The van der Waals surface area contributed by atoms with Crippen molar-refractivity contribution in [2.24, 2.45) is 0 Å². The Morgan fingerprint density at radius 1 is 0.963 bits per heavy atom. The summed E-state index contributed by atoms with van der Waals surface area (Å²) >= 11 is 0. The van der Waals surface area contributed by atoms with Crippen LogP contribution >= 0.6 is 0 Å². The molecule has 0 aliphatic rings. The van der Waals surface area contributed by atoms with E-state index in [2.05, 4.69) is 20.1 Å². The van der Waals surface area contributed by atoms with Gasteiger partial charge in [0.05, 0.1) is 5.56 Å². The molecule has 4 rings (SSSR count). The number of benzene rings is 2. The van der Waals surface area contributed by atoms with Gasteiger partial charge in [0.25, 0.3) is 5.89 Å². The van der Waals surface area contributed by atoms with Gasteiger partial charge in [-0.15, -0.1) is 0 Å². The monoisotopic (exact) mass is 360 g/mol. The normalized spacial score (nSPS) is 10.6. The van der Waals surface area contributed by atoms with Crippen LogP contribution in [-0.4, -0.2) is 20.1 Å². The Morgan fingerprint density at radius 3 is 2.48 bits per heavy atom. The average molecular weight is 360 g/mol. The second kappa shape index (κ2) is 7.65. The van der Waals surface area contributed by atoms with Crippen molar-refractivity contribution in [2.45, 2.75) is 13.5 Å². The number of hydrogen-bond donors (Lipinski definition) is 0. The molecular weight excluding hydrogens is 344 g/mol. The maximum Gasteiger partial charge on any atom is 0.264 e. The molecule has 27 heavy (non-hydrogen) atoms. The topological polar surface area (TPSA) is 83.2 Å². The van der Waals surface area contributed by atoms with Gasteiger partial charge in [0.2, 0.25) is 5.88 Å². The highest BCUT2D eigenvalue weighted by Gasteiger charge is 2.09. The smallest absolute Gasteiger partial charge is 0.264 e. The van der Waals surface area contributed by atoms with Crippen molar-refractivity contribution in [3.05, 3.63) is 78.8 Å². The molecule has 0 fully saturated rings. The minimum Gasteiger partial charge on any atom is -0.484 e. The molecule has 134 valence electrons. The van der Waals surface area contributed by atoms with Crippen molar-refractivity contribution >= 4 is 0 Å². The second-order valence-electron chi connectivity index (χ2n) is 5.71. The van der Waals surface area contributed by atoms with E-state index in [9.17, 15) is 0 Å². The fourth-order valence-electron chi connectivity index (χ4n) is 2.47. The highest BCUT2D eigenvalue weighted by Crippen LogP contribution is 2.31. The van der Waals surface area contributed by atoms with Gasteiger partial charge < -0.3 is 14.0 Å². The van der Waals surface area contributed by atoms with Crippen LogP contribution in [0.4, 0.5) is 0 Å². The summed E-state index contributed by atoms with van der Waals surface area (Å²) in [5.74, 6) is 2.82. The van der Waals surface area contributed by atoms with Crippen LogP contribution in [0.15, 0.2) is 71.6 Å². The first-order valence-electron chi connectivity index (χ1n) is 8.33. The maximum absolute atomic E-state index is 5.94. The number of rotatable bonds is 6. The third kappa shape index (κ3) is 4.09. The fraction of sp³-hybridized carbons (Fsp3) is 0.100.